The monoisotopic (exact) mass is 892 g/mol. The molecule has 9 aromatic rings. The van der Waals surface area contributed by atoms with Gasteiger partial charge in [-0.25, -0.2) is 15.0 Å². The second-order valence-corrected chi connectivity index (χ2v) is 14.0. The Morgan fingerprint density at radius 1 is 0.525 bits per heavy atom. The third-order valence-electron chi connectivity index (χ3n) is 8.48. The number of imidazole rings is 3. The van der Waals surface area contributed by atoms with E-state index in [9.17, 15) is 14.4 Å². The van der Waals surface area contributed by atoms with Crippen molar-refractivity contribution in [2.45, 2.75) is 6.61 Å². The zero-order chi connectivity index (χ0) is 41.1. The molecule has 0 saturated carbocycles. The van der Waals surface area contributed by atoms with Gasteiger partial charge in [-0.05, 0) is 94.9 Å². The van der Waals surface area contributed by atoms with Crippen molar-refractivity contribution in [2.24, 2.45) is 0 Å². The Hall–Kier alpha value is -7.68. The summed E-state index contributed by atoms with van der Waals surface area (Å²) in [7, 11) is 0. The predicted octanol–water partition coefficient (Wildman–Crippen LogP) is 7.73. The van der Waals surface area contributed by atoms with Crippen molar-refractivity contribution in [1.82, 2.24) is 28.2 Å². The van der Waals surface area contributed by atoms with Gasteiger partial charge in [-0.15, -0.1) is 0 Å². The number of benzene rings is 3. The van der Waals surface area contributed by atoms with Gasteiger partial charge in [-0.1, -0.05) is 60.7 Å². The Kier molecular flexibility index (Phi) is 12.4. The number of carbonyl (C=O) groups is 3. The van der Waals surface area contributed by atoms with Crippen molar-refractivity contribution in [2.75, 3.05) is 16.0 Å². The lowest BCUT2D eigenvalue weighted by atomic mass is 10.3. The normalized spacial score (nSPS) is 10.5. The summed E-state index contributed by atoms with van der Waals surface area (Å²) in [5.74, 6) is -0.742. The number of amides is 3. The Morgan fingerprint density at radius 2 is 0.915 bits per heavy atom. The van der Waals surface area contributed by atoms with Gasteiger partial charge in [0.2, 0.25) is 0 Å². The molecule has 15 heteroatoms. The van der Waals surface area contributed by atoms with Gasteiger partial charge in [0.25, 0.3) is 17.7 Å². The molecule has 0 radical (unpaired) electrons. The highest BCUT2D eigenvalue weighted by atomic mass is 127. The summed E-state index contributed by atoms with van der Waals surface area (Å²) in [6, 6.07) is 40.6. The molecular weight excluding hydrogens is 859 g/mol. The van der Waals surface area contributed by atoms with Crippen LogP contribution in [0.25, 0.3) is 16.9 Å². The lowest BCUT2D eigenvalue weighted by Crippen LogP contribution is -2.11. The first-order valence-corrected chi connectivity index (χ1v) is 19.0. The SMILES string of the molecule is N#Cc1ccc2nc(C(=O)Nc3ccccc3)cn2c1.O=C(Nc1ccccc1)c1cn2cc(CO)ccc2n1.O=C(Nc1ccccc1)c1cn2cc(I)ccc2n1. The number of aromatic nitrogens is 6. The molecule has 0 spiro atoms. The number of pyridine rings is 3. The minimum Gasteiger partial charge on any atom is -0.392 e. The van der Waals surface area contributed by atoms with E-state index in [1.54, 1.807) is 64.1 Å². The number of anilines is 3. The highest BCUT2D eigenvalue weighted by molar-refractivity contribution is 14.1. The van der Waals surface area contributed by atoms with Crippen LogP contribution >= 0.6 is 22.6 Å². The fourth-order valence-corrected chi connectivity index (χ4v) is 6.11. The molecule has 3 aromatic carbocycles. The number of para-hydroxylation sites is 3. The van der Waals surface area contributed by atoms with Crippen LogP contribution in [0.2, 0.25) is 0 Å². The third kappa shape index (κ3) is 10.2. The molecule has 6 aromatic heterocycles. The first-order chi connectivity index (χ1) is 28.7. The Morgan fingerprint density at radius 3 is 1.34 bits per heavy atom. The maximum absolute atomic E-state index is 12.1. The number of nitrogens with one attached hydrogen (secondary N) is 3. The molecule has 9 rings (SSSR count). The zero-order valence-corrected chi connectivity index (χ0v) is 33.1. The van der Waals surface area contributed by atoms with Crippen molar-refractivity contribution in [3.63, 3.8) is 0 Å². The number of hydrogen-bond donors (Lipinski definition) is 4. The van der Waals surface area contributed by atoms with Crippen LogP contribution in [-0.4, -0.2) is 51.0 Å². The van der Waals surface area contributed by atoms with Crippen LogP contribution in [-0.2, 0) is 6.61 Å². The second kappa shape index (κ2) is 18.5. The van der Waals surface area contributed by atoms with Gasteiger partial charge in [0.1, 0.15) is 40.1 Å². The van der Waals surface area contributed by atoms with Crippen molar-refractivity contribution in [1.29, 1.82) is 5.26 Å². The fourth-order valence-electron chi connectivity index (χ4n) is 5.63. The first-order valence-electron chi connectivity index (χ1n) is 18.0. The molecular formula is C44H33IN10O4. The van der Waals surface area contributed by atoms with E-state index in [1.807, 2.05) is 120 Å². The summed E-state index contributed by atoms with van der Waals surface area (Å²) in [6.07, 6.45) is 10.3. The van der Waals surface area contributed by atoms with Gasteiger partial charge < -0.3 is 34.3 Å². The third-order valence-corrected chi connectivity index (χ3v) is 9.12. The van der Waals surface area contributed by atoms with Crippen LogP contribution in [0.15, 0.2) is 165 Å². The van der Waals surface area contributed by atoms with Crippen molar-refractivity contribution >= 4 is 74.3 Å². The largest absolute Gasteiger partial charge is 0.392 e. The summed E-state index contributed by atoms with van der Waals surface area (Å²) in [5.41, 5.74) is 6.60. The maximum atomic E-state index is 12.1. The molecule has 0 atom stereocenters. The molecule has 0 aliphatic carbocycles. The average molecular weight is 893 g/mol. The summed E-state index contributed by atoms with van der Waals surface area (Å²) in [5, 5.41) is 26.3. The topological polar surface area (TPSA) is 183 Å². The number of nitriles is 1. The molecule has 4 N–H and O–H groups in total. The van der Waals surface area contributed by atoms with Crippen LogP contribution in [0.1, 0.15) is 42.6 Å². The standard InChI is InChI=1S/C15H10N4O.C15H13N3O2.C14H10IN3O/c16-8-11-6-7-14-18-13(10-19(14)9-11)15(20)17-12-4-2-1-3-5-12;19-10-11-6-7-14-17-13(9-18(14)8-11)15(20)16-12-4-2-1-3-5-12;15-10-6-7-13-17-12(9-18(13)8-10)14(19)16-11-4-2-1-3-5-11/h1-7,9-10H,(H,17,20);1-9,19H,10H2,(H,16,20);1-9H,(H,16,19). The number of fused-ring (bicyclic) bond motifs is 3. The molecule has 6 heterocycles. The average Bonchev–Trinajstić information content (AvgIpc) is 4.02. The lowest BCUT2D eigenvalue weighted by Gasteiger charge is -2.01. The first kappa shape index (κ1) is 39.6. The summed E-state index contributed by atoms with van der Waals surface area (Å²) in [4.78, 5) is 49.0. The maximum Gasteiger partial charge on any atom is 0.275 e. The van der Waals surface area contributed by atoms with Gasteiger partial charge in [0, 0.05) is 57.8 Å². The van der Waals surface area contributed by atoms with E-state index in [4.69, 9.17) is 10.4 Å². The minimum atomic E-state index is -0.279. The summed E-state index contributed by atoms with van der Waals surface area (Å²) >= 11 is 2.22. The highest BCUT2D eigenvalue weighted by Crippen LogP contribution is 2.14. The molecule has 0 fully saturated rings. The van der Waals surface area contributed by atoms with Gasteiger partial charge in [0.05, 0.1) is 12.2 Å². The quantitative estimate of drug-likeness (QED) is 0.117. The number of aliphatic hydroxyl groups is 1. The van der Waals surface area contributed by atoms with Crippen LogP contribution in [0, 0.1) is 14.9 Å². The van der Waals surface area contributed by atoms with E-state index in [-0.39, 0.29) is 24.3 Å². The molecule has 0 bridgehead atoms. The Balaban J connectivity index is 0.000000134. The summed E-state index contributed by atoms with van der Waals surface area (Å²) < 4.78 is 6.34. The van der Waals surface area contributed by atoms with E-state index in [0.717, 1.165) is 26.2 Å². The number of nitrogens with zero attached hydrogens (tertiary/aromatic N) is 7. The number of carbonyl (C=O) groups excluding carboxylic acids is 3. The van der Waals surface area contributed by atoms with E-state index in [1.165, 1.54) is 0 Å². The molecule has 3 amide bonds. The molecule has 14 nitrogen and oxygen atoms in total. The second-order valence-electron chi connectivity index (χ2n) is 12.7. The molecule has 290 valence electrons. The molecule has 0 aliphatic heterocycles. The van der Waals surface area contributed by atoms with Crippen LogP contribution in [0.3, 0.4) is 0 Å². The van der Waals surface area contributed by atoms with Crippen molar-refractivity contribution < 1.29 is 19.5 Å². The van der Waals surface area contributed by atoms with Gasteiger partial charge in [-0.2, -0.15) is 5.26 Å². The lowest BCUT2D eigenvalue weighted by molar-refractivity contribution is 0.101. The number of halogens is 1. The number of aliphatic hydroxyl groups excluding tert-OH is 1. The fraction of sp³-hybridized carbons (Fsp3) is 0.0227. The highest BCUT2D eigenvalue weighted by Gasteiger charge is 2.13. The van der Waals surface area contributed by atoms with Gasteiger partial charge in [0.15, 0.2) is 0 Å². The number of rotatable bonds is 7. The zero-order valence-electron chi connectivity index (χ0n) is 31.0. The van der Waals surface area contributed by atoms with E-state index < -0.39 is 0 Å². The molecule has 0 aliphatic rings. The Labute approximate surface area is 350 Å². The van der Waals surface area contributed by atoms with Crippen molar-refractivity contribution in [3.8, 4) is 6.07 Å². The smallest absolute Gasteiger partial charge is 0.275 e. The number of hydrogen-bond acceptors (Lipinski definition) is 8. The molecule has 59 heavy (non-hydrogen) atoms. The minimum absolute atomic E-state index is 0.0420. The molecule has 0 saturated heterocycles. The van der Waals surface area contributed by atoms with E-state index in [0.29, 0.717) is 39.6 Å². The van der Waals surface area contributed by atoms with E-state index >= 15 is 0 Å². The van der Waals surface area contributed by atoms with Crippen LogP contribution in [0.5, 0.6) is 0 Å². The van der Waals surface area contributed by atoms with Crippen molar-refractivity contribution in [3.05, 3.63) is 196 Å². The molecule has 0 unspecified atom stereocenters. The van der Waals surface area contributed by atoms with E-state index in [2.05, 4.69) is 53.5 Å². The van der Waals surface area contributed by atoms with Gasteiger partial charge in [-0.3, -0.25) is 14.4 Å². The Bertz CT molecular complexity index is 2940. The van der Waals surface area contributed by atoms with Crippen LogP contribution < -0.4 is 16.0 Å². The van der Waals surface area contributed by atoms with Gasteiger partial charge >= 0.3 is 0 Å². The van der Waals surface area contributed by atoms with Crippen LogP contribution in [0.4, 0.5) is 17.1 Å². The predicted molar refractivity (Wildman–Crippen MR) is 232 cm³/mol. The summed E-state index contributed by atoms with van der Waals surface area (Å²) in [6.45, 7) is -0.0420.